The summed E-state index contributed by atoms with van der Waals surface area (Å²) < 4.78 is 10.6. The highest BCUT2D eigenvalue weighted by Gasteiger charge is 2.76. The largest absolute Gasteiger partial charge is 0.497 e. The van der Waals surface area contributed by atoms with Gasteiger partial charge in [-0.15, -0.1) is 0 Å². The predicted molar refractivity (Wildman–Crippen MR) is 105 cm³/mol. The number of fused-ring (bicyclic) bond motifs is 1. The summed E-state index contributed by atoms with van der Waals surface area (Å²) in [5, 5.41) is 0. The fourth-order valence-electron chi connectivity index (χ4n) is 5.46. The van der Waals surface area contributed by atoms with E-state index in [9.17, 15) is 0 Å². The van der Waals surface area contributed by atoms with Crippen LogP contribution in [0.1, 0.15) is 25.0 Å². The van der Waals surface area contributed by atoms with Gasteiger partial charge in [0.1, 0.15) is 11.5 Å². The SMILES string of the molecule is COc1ccc(C2=CC3(C)C=C(c4ccc(OC)cc4)C4C2C43C)cc1. The molecule has 2 aromatic carbocycles. The molecule has 0 radical (unpaired) electrons. The number of methoxy groups -OCH3 is 2. The third-order valence-electron chi connectivity index (χ3n) is 7.10. The van der Waals surface area contributed by atoms with Crippen LogP contribution in [0.2, 0.25) is 0 Å². The second-order valence-corrected chi connectivity index (χ2v) is 8.18. The number of ether oxygens (including phenoxy) is 2. The fourth-order valence-corrected chi connectivity index (χ4v) is 5.46. The molecule has 0 heterocycles. The standard InChI is InChI=1S/C24H24O2/c1-23-13-19(15-5-9-17(25-3)10-6-15)21-22(24(21,23)2)20(14-23)16-7-11-18(26-4)12-8-16/h5-14,21-22H,1-4H3. The summed E-state index contributed by atoms with van der Waals surface area (Å²) in [4.78, 5) is 0. The van der Waals surface area contributed by atoms with Gasteiger partial charge < -0.3 is 9.47 Å². The molecule has 3 aliphatic carbocycles. The van der Waals surface area contributed by atoms with Crippen molar-refractivity contribution >= 4 is 11.1 Å². The zero-order valence-electron chi connectivity index (χ0n) is 15.7. The Morgan fingerprint density at radius 1 is 0.654 bits per heavy atom. The lowest BCUT2D eigenvalue weighted by Gasteiger charge is -2.24. The molecule has 1 fully saturated rings. The molecule has 5 rings (SSSR count). The van der Waals surface area contributed by atoms with Crippen molar-refractivity contribution in [1.29, 1.82) is 0 Å². The van der Waals surface area contributed by atoms with Crippen LogP contribution in [-0.4, -0.2) is 14.2 Å². The van der Waals surface area contributed by atoms with E-state index in [1.165, 1.54) is 22.3 Å². The van der Waals surface area contributed by atoms with Crippen molar-refractivity contribution in [1.82, 2.24) is 0 Å². The van der Waals surface area contributed by atoms with Gasteiger partial charge in [-0.25, -0.2) is 0 Å². The van der Waals surface area contributed by atoms with Gasteiger partial charge in [0.2, 0.25) is 0 Å². The molecule has 0 bridgehead atoms. The molecule has 0 aromatic heterocycles. The molecule has 26 heavy (non-hydrogen) atoms. The van der Waals surface area contributed by atoms with E-state index in [1.54, 1.807) is 14.2 Å². The number of rotatable bonds is 4. The Labute approximate surface area is 155 Å². The molecule has 2 atom stereocenters. The zero-order chi connectivity index (χ0) is 18.1. The highest BCUT2D eigenvalue weighted by molar-refractivity contribution is 5.89. The fraction of sp³-hybridized carbons (Fsp3) is 0.333. The lowest BCUT2D eigenvalue weighted by Crippen LogP contribution is -2.18. The van der Waals surface area contributed by atoms with E-state index in [0.29, 0.717) is 17.3 Å². The molecule has 0 spiro atoms. The summed E-state index contributed by atoms with van der Waals surface area (Å²) in [5.74, 6) is 3.06. The molecule has 0 aliphatic heterocycles. The van der Waals surface area contributed by atoms with Crippen LogP contribution in [0, 0.1) is 22.7 Å². The molecular weight excluding hydrogens is 320 g/mol. The number of hydrogen-bond acceptors (Lipinski definition) is 2. The first-order valence-corrected chi connectivity index (χ1v) is 9.26. The average Bonchev–Trinajstić information content (AvgIpc) is 3.20. The van der Waals surface area contributed by atoms with E-state index >= 15 is 0 Å². The van der Waals surface area contributed by atoms with E-state index in [2.05, 4.69) is 74.5 Å². The van der Waals surface area contributed by atoms with Gasteiger partial charge >= 0.3 is 0 Å². The van der Waals surface area contributed by atoms with Gasteiger partial charge in [-0.3, -0.25) is 0 Å². The molecule has 0 N–H and O–H groups in total. The Morgan fingerprint density at radius 3 is 1.35 bits per heavy atom. The minimum absolute atomic E-state index is 0.132. The topological polar surface area (TPSA) is 18.5 Å². The Hall–Kier alpha value is -2.48. The van der Waals surface area contributed by atoms with E-state index in [-0.39, 0.29) is 5.41 Å². The average molecular weight is 344 g/mol. The molecule has 2 aromatic rings. The highest BCUT2D eigenvalue weighted by atomic mass is 16.5. The molecule has 2 unspecified atom stereocenters. The van der Waals surface area contributed by atoms with Crippen LogP contribution in [0.25, 0.3) is 11.1 Å². The Kier molecular flexibility index (Phi) is 3.05. The predicted octanol–water partition coefficient (Wildman–Crippen LogP) is 5.46. The maximum absolute atomic E-state index is 5.32. The van der Waals surface area contributed by atoms with Crippen molar-refractivity contribution in [3.05, 3.63) is 71.8 Å². The first kappa shape index (κ1) is 15.7. The Morgan fingerprint density at radius 2 is 1.04 bits per heavy atom. The van der Waals surface area contributed by atoms with E-state index < -0.39 is 0 Å². The zero-order valence-corrected chi connectivity index (χ0v) is 15.7. The molecule has 0 amide bonds. The minimum atomic E-state index is 0.132. The molecule has 3 aliphatic rings. The van der Waals surface area contributed by atoms with Crippen molar-refractivity contribution in [3.63, 3.8) is 0 Å². The normalized spacial score (nSPS) is 33.4. The number of allylic oxidation sites excluding steroid dienone is 4. The van der Waals surface area contributed by atoms with Crippen LogP contribution in [0.3, 0.4) is 0 Å². The number of hydrogen-bond donors (Lipinski definition) is 0. The monoisotopic (exact) mass is 344 g/mol. The van der Waals surface area contributed by atoms with Gasteiger partial charge in [0, 0.05) is 5.41 Å². The van der Waals surface area contributed by atoms with E-state index in [4.69, 9.17) is 9.47 Å². The minimum Gasteiger partial charge on any atom is -0.497 e. The van der Waals surface area contributed by atoms with Crippen LogP contribution in [0.15, 0.2) is 60.7 Å². The van der Waals surface area contributed by atoms with Gasteiger partial charge in [0.25, 0.3) is 0 Å². The third kappa shape index (κ3) is 1.82. The van der Waals surface area contributed by atoms with E-state index in [0.717, 1.165) is 11.5 Å². The lowest BCUT2D eigenvalue weighted by molar-refractivity contribution is 0.333. The summed E-state index contributed by atoms with van der Waals surface area (Å²) in [6, 6.07) is 17.1. The second kappa shape index (κ2) is 5.03. The highest BCUT2D eigenvalue weighted by Crippen LogP contribution is 2.84. The van der Waals surface area contributed by atoms with Crippen molar-refractivity contribution in [3.8, 4) is 11.5 Å². The second-order valence-electron chi connectivity index (χ2n) is 8.18. The van der Waals surface area contributed by atoms with Crippen LogP contribution in [0.4, 0.5) is 0 Å². The maximum atomic E-state index is 5.32. The Bertz CT molecular complexity index is 860. The quantitative estimate of drug-likeness (QED) is 0.733. The molecule has 132 valence electrons. The summed E-state index contributed by atoms with van der Waals surface area (Å²) in [6.07, 6.45) is 5.01. The summed E-state index contributed by atoms with van der Waals surface area (Å²) in [6.45, 7) is 4.86. The summed E-state index contributed by atoms with van der Waals surface area (Å²) >= 11 is 0. The van der Waals surface area contributed by atoms with Crippen LogP contribution in [0.5, 0.6) is 11.5 Å². The van der Waals surface area contributed by atoms with Gasteiger partial charge in [-0.05, 0) is 63.8 Å². The lowest BCUT2D eigenvalue weighted by atomic mass is 9.79. The molecule has 2 nitrogen and oxygen atoms in total. The van der Waals surface area contributed by atoms with Gasteiger partial charge in [0.15, 0.2) is 0 Å². The first-order chi connectivity index (χ1) is 12.5. The summed E-state index contributed by atoms with van der Waals surface area (Å²) in [7, 11) is 3.43. The Balaban J connectivity index is 1.51. The van der Waals surface area contributed by atoms with Crippen molar-refractivity contribution < 1.29 is 9.47 Å². The third-order valence-corrected chi connectivity index (χ3v) is 7.10. The molecule has 0 saturated heterocycles. The molecular formula is C24H24O2. The van der Waals surface area contributed by atoms with Crippen LogP contribution >= 0.6 is 0 Å². The van der Waals surface area contributed by atoms with Crippen LogP contribution < -0.4 is 9.47 Å². The van der Waals surface area contributed by atoms with Crippen molar-refractivity contribution in [2.24, 2.45) is 22.7 Å². The maximum Gasteiger partial charge on any atom is 0.118 e. The first-order valence-electron chi connectivity index (χ1n) is 9.26. The van der Waals surface area contributed by atoms with Gasteiger partial charge in [-0.1, -0.05) is 50.3 Å². The van der Waals surface area contributed by atoms with Gasteiger partial charge in [-0.2, -0.15) is 0 Å². The van der Waals surface area contributed by atoms with Crippen LogP contribution in [-0.2, 0) is 0 Å². The summed E-state index contributed by atoms with van der Waals surface area (Å²) in [5.41, 5.74) is 6.12. The van der Waals surface area contributed by atoms with Crippen molar-refractivity contribution in [2.45, 2.75) is 13.8 Å². The molecule has 2 heteroatoms. The van der Waals surface area contributed by atoms with E-state index in [1.807, 2.05) is 0 Å². The van der Waals surface area contributed by atoms with Crippen molar-refractivity contribution in [2.75, 3.05) is 14.2 Å². The van der Waals surface area contributed by atoms with Gasteiger partial charge in [0.05, 0.1) is 14.2 Å². The smallest absolute Gasteiger partial charge is 0.118 e. The molecule has 1 saturated carbocycles. The number of benzene rings is 2.